The second-order valence-electron chi connectivity index (χ2n) is 8.51. The lowest BCUT2D eigenvalue weighted by Crippen LogP contribution is -2.55. The molecule has 1 aliphatic heterocycles. The molecule has 6 nitrogen and oxygen atoms in total. The van der Waals surface area contributed by atoms with Crippen molar-refractivity contribution in [2.45, 2.75) is 26.0 Å². The van der Waals surface area contributed by atoms with Crippen LogP contribution in [0.2, 0.25) is 0 Å². The molecule has 0 radical (unpaired) electrons. The number of aromatic nitrogens is 1. The van der Waals surface area contributed by atoms with Crippen LogP contribution < -0.4 is 9.64 Å². The summed E-state index contributed by atoms with van der Waals surface area (Å²) < 4.78 is 11.9. The van der Waals surface area contributed by atoms with Gasteiger partial charge >= 0.3 is 5.97 Å². The predicted octanol–water partition coefficient (Wildman–Crippen LogP) is 4.42. The maximum absolute atomic E-state index is 12.6. The summed E-state index contributed by atoms with van der Waals surface area (Å²) in [4.78, 5) is 21.5. The molecular formula is C28H33N3O3. The van der Waals surface area contributed by atoms with Gasteiger partial charge in [-0.15, -0.1) is 0 Å². The van der Waals surface area contributed by atoms with Crippen molar-refractivity contribution in [3.8, 4) is 5.75 Å². The van der Waals surface area contributed by atoms with Gasteiger partial charge in [0.05, 0.1) is 13.0 Å². The highest BCUT2D eigenvalue weighted by Gasteiger charge is 2.34. The first-order chi connectivity index (χ1) is 16.7. The molecule has 0 bridgehead atoms. The Bertz CT molecular complexity index is 993. The SMILES string of the molecule is CCOC(=O)CC(Cc1ccccc1)C(Oc1ccccc1)N1CCN(c2ccncc2)CC1. The average molecular weight is 460 g/mol. The molecule has 2 unspecified atom stereocenters. The minimum atomic E-state index is -0.244. The molecule has 0 amide bonds. The zero-order valence-corrected chi connectivity index (χ0v) is 19.8. The summed E-state index contributed by atoms with van der Waals surface area (Å²) >= 11 is 0. The van der Waals surface area contributed by atoms with E-state index in [9.17, 15) is 4.79 Å². The smallest absolute Gasteiger partial charge is 0.306 e. The fourth-order valence-corrected chi connectivity index (χ4v) is 4.52. The van der Waals surface area contributed by atoms with Gasteiger partial charge in [-0.25, -0.2) is 0 Å². The zero-order chi connectivity index (χ0) is 23.6. The molecule has 1 fully saturated rings. The lowest BCUT2D eigenvalue weighted by atomic mass is 9.93. The third kappa shape index (κ3) is 6.58. The summed E-state index contributed by atoms with van der Waals surface area (Å²) in [7, 11) is 0. The maximum atomic E-state index is 12.6. The van der Waals surface area contributed by atoms with E-state index in [1.54, 1.807) is 0 Å². The van der Waals surface area contributed by atoms with Gasteiger partial charge in [-0.1, -0.05) is 48.5 Å². The Kier molecular flexibility index (Phi) is 8.52. The summed E-state index contributed by atoms with van der Waals surface area (Å²) in [6, 6.07) is 24.3. The highest BCUT2D eigenvalue weighted by Crippen LogP contribution is 2.27. The molecule has 0 N–H and O–H groups in total. The van der Waals surface area contributed by atoms with E-state index in [1.165, 1.54) is 11.3 Å². The van der Waals surface area contributed by atoms with Crippen LogP contribution in [-0.4, -0.2) is 54.9 Å². The van der Waals surface area contributed by atoms with Crippen molar-refractivity contribution < 1.29 is 14.3 Å². The second-order valence-corrected chi connectivity index (χ2v) is 8.51. The third-order valence-corrected chi connectivity index (χ3v) is 6.18. The number of anilines is 1. The van der Waals surface area contributed by atoms with Crippen molar-refractivity contribution >= 4 is 11.7 Å². The minimum absolute atomic E-state index is 0.0471. The lowest BCUT2D eigenvalue weighted by Gasteiger charge is -2.42. The Labute approximate surface area is 202 Å². The molecule has 0 spiro atoms. The van der Waals surface area contributed by atoms with Gasteiger partial charge < -0.3 is 14.4 Å². The first-order valence-electron chi connectivity index (χ1n) is 12.0. The Morgan fingerprint density at radius 2 is 1.56 bits per heavy atom. The highest BCUT2D eigenvalue weighted by atomic mass is 16.5. The Morgan fingerprint density at radius 3 is 2.21 bits per heavy atom. The topological polar surface area (TPSA) is 54.9 Å². The van der Waals surface area contributed by atoms with Gasteiger partial charge in [-0.2, -0.15) is 0 Å². The lowest BCUT2D eigenvalue weighted by molar-refractivity contribution is -0.146. The molecule has 34 heavy (non-hydrogen) atoms. The molecule has 0 saturated carbocycles. The Balaban J connectivity index is 1.56. The summed E-state index contributed by atoms with van der Waals surface area (Å²) in [5, 5.41) is 0. The number of rotatable bonds is 10. The normalized spacial score (nSPS) is 16.0. The number of carbonyl (C=O) groups is 1. The van der Waals surface area contributed by atoms with Crippen LogP contribution in [0.4, 0.5) is 5.69 Å². The standard InChI is InChI=1S/C28H33N3O3/c1-2-33-27(32)22-24(21-23-9-5-3-6-10-23)28(34-26-11-7-4-8-12-26)31-19-17-30(18-20-31)25-13-15-29-16-14-25/h3-16,24,28H,2,17-22H2,1H3. The second kappa shape index (κ2) is 12.2. The molecule has 2 aromatic carbocycles. The van der Waals surface area contributed by atoms with E-state index in [0.29, 0.717) is 13.0 Å². The predicted molar refractivity (Wildman–Crippen MR) is 134 cm³/mol. The molecule has 4 rings (SSSR count). The molecule has 2 atom stereocenters. The molecule has 1 aliphatic rings. The van der Waals surface area contributed by atoms with Crippen molar-refractivity contribution in [3.05, 3.63) is 90.8 Å². The van der Waals surface area contributed by atoms with Crippen LogP contribution in [0.1, 0.15) is 18.9 Å². The van der Waals surface area contributed by atoms with E-state index in [0.717, 1.165) is 38.3 Å². The van der Waals surface area contributed by atoms with Crippen LogP contribution in [0.15, 0.2) is 85.2 Å². The quantitative estimate of drug-likeness (QED) is 0.419. The molecule has 0 aliphatic carbocycles. The maximum Gasteiger partial charge on any atom is 0.306 e. The van der Waals surface area contributed by atoms with E-state index >= 15 is 0 Å². The van der Waals surface area contributed by atoms with Gasteiger partial charge in [0.25, 0.3) is 0 Å². The number of benzene rings is 2. The van der Waals surface area contributed by atoms with Crippen LogP contribution in [0, 0.1) is 5.92 Å². The Morgan fingerprint density at radius 1 is 0.912 bits per heavy atom. The number of piperazine rings is 1. The number of carbonyl (C=O) groups excluding carboxylic acids is 1. The van der Waals surface area contributed by atoms with E-state index in [1.807, 2.05) is 80.0 Å². The van der Waals surface area contributed by atoms with Gasteiger partial charge in [0, 0.05) is 50.2 Å². The molecule has 6 heteroatoms. The van der Waals surface area contributed by atoms with Gasteiger partial charge in [-0.3, -0.25) is 14.7 Å². The van der Waals surface area contributed by atoms with E-state index < -0.39 is 0 Å². The molecule has 178 valence electrons. The highest BCUT2D eigenvalue weighted by molar-refractivity contribution is 5.69. The van der Waals surface area contributed by atoms with E-state index in [-0.39, 0.29) is 18.1 Å². The molecule has 1 saturated heterocycles. The van der Waals surface area contributed by atoms with Crippen molar-refractivity contribution in [1.29, 1.82) is 0 Å². The van der Waals surface area contributed by atoms with Crippen LogP contribution in [-0.2, 0) is 16.0 Å². The van der Waals surface area contributed by atoms with Crippen molar-refractivity contribution in [1.82, 2.24) is 9.88 Å². The number of nitrogens with zero attached hydrogens (tertiary/aromatic N) is 3. The largest absolute Gasteiger partial charge is 0.475 e. The fraction of sp³-hybridized carbons (Fsp3) is 0.357. The Hall–Kier alpha value is -3.38. The molecule has 1 aromatic heterocycles. The molecule has 2 heterocycles. The van der Waals surface area contributed by atoms with E-state index in [2.05, 4.69) is 26.9 Å². The van der Waals surface area contributed by atoms with Crippen molar-refractivity contribution in [3.63, 3.8) is 0 Å². The average Bonchev–Trinajstić information content (AvgIpc) is 2.89. The number of esters is 1. The summed E-state index contributed by atoms with van der Waals surface area (Å²) in [6.45, 7) is 5.68. The fourth-order valence-electron chi connectivity index (χ4n) is 4.52. The first kappa shape index (κ1) is 23.8. The van der Waals surface area contributed by atoms with Crippen LogP contribution in [0.25, 0.3) is 0 Å². The van der Waals surface area contributed by atoms with E-state index in [4.69, 9.17) is 9.47 Å². The molecular weight excluding hydrogens is 426 g/mol. The van der Waals surface area contributed by atoms with Gasteiger partial charge in [0.15, 0.2) is 6.23 Å². The van der Waals surface area contributed by atoms with Crippen molar-refractivity contribution in [2.24, 2.45) is 5.92 Å². The van der Waals surface area contributed by atoms with Crippen LogP contribution >= 0.6 is 0 Å². The first-order valence-corrected chi connectivity index (χ1v) is 12.0. The van der Waals surface area contributed by atoms with Gasteiger partial charge in [0.1, 0.15) is 5.75 Å². The third-order valence-electron chi connectivity index (χ3n) is 6.18. The monoisotopic (exact) mass is 459 g/mol. The zero-order valence-electron chi connectivity index (χ0n) is 19.8. The summed E-state index contributed by atoms with van der Waals surface area (Å²) in [6.07, 6.45) is 4.47. The summed E-state index contributed by atoms with van der Waals surface area (Å²) in [5.41, 5.74) is 2.37. The number of ether oxygens (including phenoxy) is 2. The van der Waals surface area contributed by atoms with Gasteiger partial charge in [-0.05, 0) is 43.2 Å². The van der Waals surface area contributed by atoms with Crippen molar-refractivity contribution in [2.75, 3.05) is 37.7 Å². The minimum Gasteiger partial charge on any atom is -0.475 e. The number of hydrogen-bond acceptors (Lipinski definition) is 6. The number of pyridine rings is 1. The van der Waals surface area contributed by atoms with Crippen LogP contribution in [0.5, 0.6) is 5.75 Å². The number of para-hydroxylation sites is 1. The van der Waals surface area contributed by atoms with Crippen LogP contribution in [0.3, 0.4) is 0 Å². The summed E-state index contributed by atoms with van der Waals surface area (Å²) in [5.74, 6) is 0.584. The number of hydrogen-bond donors (Lipinski definition) is 0. The molecule has 3 aromatic rings. The van der Waals surface area contributed by atoms with Gasteiger partial charge in [0.2, 0.25) is 0 Å².